The molecule has 184 valence electrons. The van der Waals surface area contributed by atoms with Crippen molar-refractivity contribution in [2.24, 2.45) is 5.10 Å². The van der Waals surface area contributed by atoms with E-state index in [-0.39, 0.29) is 17.4 Å². The Kier molecular flexibility index (Phi) is 8.14. The van der Waals surface area contributed by atoms with Crippen molar-refractivity contribution in [3.8, 4) is 28.6 Å². The molecule has 0 aliphatic carbocycles. The van der Waals surface area contributed by atoms with E-state index in [1.165, 1.54) is 24.9 Å². The zero-order chi connectivity index (χ0) is 25.7. The maximum atomic E-state index is 12.5. The van der Waals surface area contributed by atoms with Gasteiger partial charge in [-0.1, -0.05) is 35.0 Å². The number of hydrogen-bond donors (Lipinski definition) is 2. The van der Waals surface area contributed by atoms with Gasteiger partial charge in [0.15, 0.2) is 22.5 Å². The van der Waals surface area contributed by atoms with Crippen LogP contribution in [0.15, 0.2) is 77.0 Å². The Balaban J connectivity index is 1.51. The molecule has 1 heterocycles. The van der Waals surface area contributed by atoms with Crippen molar-refractivity contribution >= 4 is 46.6 Å². The van der Waals surface area contributed by atoms with Crippen LogP contribution in [0.3, 0.4) is 0 Å². The number of halogens is 2. The molecule has 8 nitrogen and oxygen atoms in total. The number of aromatic nitrogens is 3. The predicted molar refractivity (Wildman–Crippen MR) is 143 cm³/mol. The van der Waals surface area contributed by atoms with Gasteiger partial charge in [-0.2, -0.15) is 5.10 Å². The number of aromatic hydroxyl groups is 1. The second kappa shape index (κ2) is 11.5. The molecule has 1 amide bonds. The molecule has 0 bridgehead atoms. The lowest BCUT2D eigenvalue weighted by Gasteiger charge is -2.10. The lowest BCUT2D eigenvalue weighted by atomic mass is 10.1. The summed E-state index contributed by atoms with van der Waals surface area (Å²) in [6, 6.07) is 19.4. The minimum atomic E-state index is -0.316. The van der Waals surface area contributed by atoms with Crippen molar-refractivity contribution in [3.63, 3.8) is 0 Å². The van der Waals surface area contributed by atoms with Crippen molar-refractivity contribution in [1.82, 2.24) is 20.2 Å². The van der Waals surface area contributed by atoms with E-state index >= 15 is 0 Å². The molecule has 0 saturated carbocycles. The van der Waals surface area contributed by atoms with Crippen LogP contribution < -0.4 is 10.2 Å². The molecule has 0 unspecified atom stereocenters. The second-order valence-corrected chi connectivity index (χ2v) is 9.35. The van der Waals surface area contributed by atoms with Crippen molar-refractivity contribution in [3.05, 3.63) is 82.3 Å². The lowest BCUT2D eigenvalue weighted by molar-refractivity contribution is -0.118. The van der Waals surface area contributed by atoms with E-state index < -0.39 is 0 Å². The molecule has 4 rings (SSSR count). The molecular formula is C25H21Cl2N5O3S. The van der Waals surface area contributed by atoms with Crippen LogP contribution >= 0.6 is 35.0 Å². The van der Waals surface area contributed by atoms with Crippen LogP contribution in [0.4, 0.5) is 0 Å². The highest BCUT2D eigenvalue weighted by Gasteiger charge is 2.17. The summed E-state index contributed by atoms with van der Waals surface area (Å²) in [5, 5.41) is 24.3. The zero-order valence-electron chi connectivity index (χ0n) is 19.3. The molecule has 0 aliphatic rings. The molecule has 0 radical (unpaired) electrons. The van der Waals surface area contributed by atoms with E-state index in [1.54, 1.807) is 43.3 Å². The molecule has 0 fully saturated rings. The van der Waals surface area contributed by atoms with E-state index in [4.69, 9.17) is 27.9 Å². The van der Waals surface area contributed by atoms with Crippen LogP contribution in [0.25, 0.3) is 17.1 Å². The van der Waals surface area contributed by atoms with Crippen molar-refractivity contribution < 1.29 is 14.6 Å². The summed E-state index contributed by atoms with van der Waals surface area (Å²) in [6.45, 7) is 1.74. The van der Waals surface area contributed by atoms with Gasteiger partial charge in [-0.3, -0.25) is 9.36 Å². The highest BCUT2D eigenvalue weighted by Crippen LogP contribution is 2.29. The number of nitrogens with zero attached hydrogens (tertiary/aromatic N) is 4. The first-order valence-electron chi connectivity index (χ1n) is 10.7. The van der Waals surface area contributed by atoms with E-state index in [1.807, 2.05) is 28.8 Å². The Bertz CT molecular complexity index is 1410. The van der Waals surface area contributed by atoms with E-state index in [0.29, 0.717) is 38.1 Å². The SMILES string of the molecule is COc1cc(C(C)=NNC(=O)CSc2nnc(-c3ccc(Cl)cc3)n2-c2ccc(Cl)cc2)ccc1O. The van der Waals surface area contributed by atoms with Crippen molar-refractivity contribution in [2.45, 2.75) is 12.1 Å². The maximum absolute atomic E-state index is 12.5. The third kappa shape index (κ3) is 5.99. The number of thioether (sulfide) groups is 1. The Labute approximate surface area is 221 Å². The normalized spacial score (nSPS) is 11.4. The minimum Gasteiger partial charge on any atom is -0.504 e. The highest BCUT2D eigenvalue weighted by atomic mass is 35.5. The number of hydrazone groups is 1. The lowest BCUT2D eigenvalue weighted by Crippen LogP contribution is -2.21. The van der Waals surface area contributed by atoms with E-state index in [0.717, 1.165) is 11.3 Å². The topological polar surface area (TPSA) is 102 Å². The Morgan fingerprint density at radius 2 is 1.72 bits per heavy atom. The summed E-state index contributed by atoms with van der Waals surface area (Å²) in [6.07, 6.45) is 0. The molecule has 1 aromatic heterocycles. The van der Waals surface area contributed by atoms with Gasteiger partial charge in [-0.15, -0.1) is 10.2 Å². The third-order valence-corrected chi connectivity index (χ3v) is 6.53. The molecular weight excluding hydrogens is 521 g/mol. The van der Waals surface area contributed by atoms with Gasteiger partial charge in [0.05, 0.1) is 18.6 Å². The number of benzene rings is 3. The molecule has 11 heteroatoms. The number of amides is 1. The first-order chi connectivity index (χ1) is 17.4. The van der Waals surface area contributed by atoms with Crippen LogP contribution in [-0.2, 0) is 4.79 Å². The summed E-state index contributed by atoms with van der Waals surface area (Å²) in [5.74, 6) is 0.692. The third-order valence-electron chi connectivity index (χ3n) is 5.10. The van der Waals surface area contributed by atoms with Crippen LogP contribution in [0.5, 0.6) is 11.5 Å². The quantitative estimate of drug-likeness (QED) is 0.171. The fourth-order valence-electron chi connectivity index (χ4n) is 3.25. The number of hydrogen-bond acceptors (Lipinski definition) is 7. The molecule has 2 N–H and O–H groups in total. The molecule has 0 aliphatic heterocycles. The fraction of sp³-hybridized carbons (Fsp3) is 0.120. The number of phenolic OH excluding ortho intramolecular Hbond substituents is 1. The van der Waals surface area contributed by atoms with Gasteiger partial charge in [0.1, 0.15) is 0 Å². The average Bonchev–Trinajstić information content (AvgIpc) is 3.31. The number of carbonyl (C=O) groups excluding carboxylic acids is 1. The summed E-state index contributed by atoms with van der Waals surface area (Å²) in [7, 11) is 1.46. The Morgan fingerprint density at radius 1 is 1.06 bits per heavy atom. The van der Waals surface area contributed by atoms with Gasteiger partial charge in [0.2, 0.25) is 0 Å². The monoisotopic (exact) mass is 541 g/mol. The molecule has 4 aromatic rings. The smallest absolute Gasteiger partial charge is 0.250 e. The number of carbonyl (C=O) groups is 1. The second-order valence-electron chi connectivity index (χ2n) is 7.53. The van der Waals surface area contributed by atoms with E-state index in [2.05, 4.69) is 20.7 Å². The molecule has 3 aromatic carbocycles. The Morgan fingerprint density at radius 3 is 2.39 bits per heavy atom. The average molecular weight is 542 g/mol. The summed E-state index contributed by atoms with van der Waals surface area (Å²) < 4.78 is 6.97. The number of rotatable bonds is 8. The molecule has 0 atom stereocenters. The van der Waals surface area contributed by atoms with Crippen LogP contribution in [0, 0.1) is 0 Å². The number of ether oxygens (including phenoxy) is 1. The standard InChI is InChI=1S/C25H21Cl2N5O3S/c1-15(17-5-12-21(33)22(13-17)35-2)28-29-23(34)14-36-25-31-30-24(16-3-6-18(26)7-4-16)32(25)20-10-8-19(27)9-11-20/h3-13,33H,14H2,1-2H3,(H,29,34). The van der Waals surface area contributed by atoms with Gasteiger partial charge in [0.25, 0.3) is 5.91 Å². The number of phenols is 1. The Hall–Kier alpha value is -3.53. The van der Waals surface area contributed by atoms with Crippen molar-refractivity contribution in [1.29, 1.82) is 0 Å². The van der Waals surface area contributed by atoms with E-state index in [9.17, 15) is 9.90 Å². The highest BCUT2D eigenvalue weighted by molar-refractivity contribution is 7.99. The van der Waals surface area contributed by atoms with Gasteiger partial charge in [-0.05, 0) is 73.7 Å². The van der Waals surface area contributed by atoms with Crippen LogP contribution in [0.1, 0.15) is 12.5 Å². The molecule has 36 heavy (non-hydrogen) atoms. The van der Waals surface area contributed by atoms with Crippen LogP contribution in [-0.4, -0.2) is 44.4 Å². The van der Waals surface area contributed by atoms with Crippen LogP contribution in [0.2, 0.25) is 10.0 Å². The number of methoxy groups -OCH3 is 1. The number of nitrogens with one attached hydrogen (secondary N) is 1. The zero-order valence-corrected chi connectivity index (χ0v) is 21.6. The first kappa shape index (κ1) is 25.6. The minimum absolute atomic E-state index is 0.0252. The van der Waals surface area contributed by atoms with Gasteiger partial charge in [-0.25, -0.2) is 5.43 Å². The van der Waals surface area contributed by atoms with Gasteiger partial charge < -0.3 is 9.84 Å². The van der Waals surface area contributed by atoms with Gasteiger partial charge >= 0.3 is 0 Å². The van der Waals surface area contributed by atoms with Crippen molar-refractivity contribution in [2.75, 3.05) is 12.9 Å². The summed E-state index contributed by atoms with van der Waals surface area (Å²) >= 11 is 13.3. The first-order valence-corrected chi connectivity index (χ1v) is 12.4. The largest absolute Gasteiger partial charge is 0.504 e. The maximum Gasteiger partial charge on any atom is 0.250 e. The fourth-order valence-corrected chi connectivity index (χ4v) is 4.24. The molecule has 0 saturated heterocycles. The summed E-state index contributed by atoms with van der Waals surface area (Å²) in [5.41, 5.74) is 5.43. The predicted octanol–water partition coefficient (Wildman–Crippen LogP) is 5.59. The van der Waals surface area contributed by atoms with Gasteiger partial charge in [0, 0.05) is 26.9 Å². The molecule has 0 spiro atoms. The summed E-state index contributed by atoms with van der Waals surface area (Å²) in [4.78, 5) is 12.5.